The Balaban J connectivity index is 1.56. The van der Waals surface area contributed by atoms with Gasteiger partial charge in [0, 0.05) is 30.9 Å². The SMILES string of the molecule is CC(C)Cc1cc(C[C@@H]2C[C@H](NC(=O)c3cccnc3)C2(C)C)no1. The van der Waals surface area contributed by atoms with Gasteiger partial charge >= 0.3 is 0 Å². The third-order valence-electron chi connectivity index (χ3n) is 5.37. The molecule has 1 aliphatic carbocycles. The van der Waals surface area contributed by atoms with E-state index < -0.39 is 0 Å². The minimum atomic E-state index is -0.0507. The zero-order valence-corrected chi connectivity index (χ0v) is 15.5. The van der Waals surface area contributed by atoms with Crippen LogP contribution in [0.2, 0.25) is 0 Å². The van der Waals surface area contributed by atoms with Crippen LogP contribution in [0.5, 0.6) is 0 Å². The highest BCUT2D eigenvalue weighted by Gasteiger charge is 2.48. The van der Waals surface area contributed by atoms with Crippen molar-refractivity contribution < 1.29 is 9.32 Å². The number of nitrogens with one attached hydrogen (secondary N) is 1. The molecular weight excluding hydrogens is 314 g/mol. The number of nitrogens with zero attached hydrogens (tertiary/aromatic N) is 2. The van der Waals surface area contributed by atoms with E-state index in [9.17, 15) is 4.79 Å². The van der Waals surface area contributed by atoms with Gasteiger partial charge in [0.2, 0.25) is 0 Å². The van der Waals surface area contributed by atoms with Gasteiger partial charge < -0.3 is 9.84 Å². The Morgan fingerprint density at radius 2 is 2.24 bits per heavy atom. The van der Waals surface area contributed by atoms with Crippen LogP contribution < -0.4 is 5.32 Å². The molecule has 1 N–H and O–H groups in total. The van der Waals surface area contributed by atoms with Crippen LogP contribution in [-0.2, 0) is 12.8 Å². The summed E-state index contributed by atoms with van der Waals surface area (Å²) in [6, 6.07) is 5.82. The summed E-state index contributed by atoms with van der Waals surface area (Å²) in [4.78, 5) is 16.3. The van der Waals surface area contributed by atoms with Crippen molar-refractivity contribution in [3.8, 4) is 0 Å². The topological polar surface area (TPSA) is 68.0 Å². The van der Waals surface area contributed by atoms with Gasteiger partial charge in [-0.15, -0.1) is 0 Å². The molecule has 25 heavy (non-hydrogen) atoms. The summed E-state index contributed by atoms with van der Waals surface area (Å²) in [6.07, 6.45) is 6.06. The normalized spacial score (nSPS) is 21.8. The van der Waals surface area contributed by atoms with E-state index in [1.54, 1.807) is 24.5 Å². The van der Waals surface area contributed by atoms with Gasteiger partial charge in [-0.05, 0) is 42.2 Å². The molecule has 0 bridgehead atoms. The van der Waals surface area contributed by atoms with Crippen molar-refractivity contribution in [3.63, 3.8) is 0 Å². The molecule has 0 aromatic carbocycles. The zero-order valence-electron chi connectivity index (χ0n) is 15.5. The molecule has 2 heterocycles. The Labute approximate surface area is 149 Å². The lowest BCUT2D eigenvalue weighted by molar-refractivity contribution is 0.0138. The molecule has 3 rings (SSSR count). The maximum absolute atomic E-state index is 12.3. The van der Waals surface area contributed by atoms with Crippen LogP contribution >= 0.6 is 0 Å². The average molecular weight is 341 g/mol. The van der Waals surface area contributed by atoms with E-state index in [4.69, 9.17) is 4.52 Å². The molecule has 0 saturated heterocycles. The molecule has 2 aromatic heterocycles. The summed E-state index contributed by atoms with van der Waals surface area (Å²) in [6.45, 7) is 8.77. The highest BCUT2D eigenvalue weighted by atomic mass is 16.5. The fourth-order valence-electron chi connectivity index (χ4n) is 3.55. The van der Waals surface area contributed by atoms with Gasteiger partial charge in [-0.25, -0.2) is 0 Å². The third-order valence-corrected chi connectivity index (χ3v) is 5.37. The smallest absolute Gasteiger partial charge is 0.253 e. The molecule has 0 spiro atoms. The average Bonchev–Trinajstić information content (AvgIpc) is 3.01. The molecule has 1 fully saturated rings. The van der Waals surface area contributed by atoms with Crippen LogP contribution in [0, 0.1) is 17.3 Å². The third kappa shape index (κ3) is 3.91. The fraction of sp³-hybridized carbons (Fsp3) is 0.550. The first kappa shape index (κ1) is 17.6. The van der Waals surface area contributed by atoms with Crippen molar-refractivity contribution in [3.05, 3.63) is 47.6 Å². The number of carbonyl (C=O) groups excluding carboxylic acids is 1. The van der Waals surface area contributed by atoms with Crippen LogP contribution in [0.25, 0.3) is 0 Å². The van der Waals surface area contributed by atoms with Gasteiger partial charge in [0.15, 0.2) is 0 Å². The molecule has 2 aromatic rings. The summed E-state index contributed by atoms with van der Waals surface area (Å²) in [5.41, 5.74) is 1.66. The number of aromatic nitrogens is 2. The molecule has 1 aliphatic rings. The van der Waals surface area contributed by atoms with E-state index in [0.717, 1.165) is 30.7 Å². The van der Waals surface area contributed by atoms with E-state index in [2.05, 4.69) is 49.2 Å². The monoisotopic (exact) mass is 341 g/mol. The van der Waals surface area contributed by atoms with E-state index in [1.165, 1.54) is 0 Å². The Morgan fingerprint density at radius 3 is 2.88 bits per heavy atom. The second-order valence-corrected chi connectivity index (χ2v) is 8.11. The Morgan fingerprint density at radius 1 is 1.44 bits per heavy atom. The molecule has 0 unspecified atom stereocenters. The predicted molar refractivity (Wildman–Crippen MR) is 96.1 cm³/mol. The van der Waals surface area contributed by atoms with Crippen molar-refractivity contribution in [2.75, 3.05) is 0 Å². The minimum absolute atomic E-state index is 0.0367. The van der Waals surface area contributed by atoms with E-state index in [0.29, 0.717) is 17.4 Å². The standard InChI is InChI=1S/C20H27N3O2/c1-13(2)8-17-11-16(23-25-17)9-15-10-18(20(15,3)4)22-19(24)14-6-5-7-21-12-14/h5-7,11-13,15,18H,8-10H2,1-4H3,(H,22,24)/t15-,18+/m1/s1. The molecule has 134 valence electrons. The summed E-state index contributed by atoms with van der Waals surface area (Å²) < 4.78 is 5.44. The summed E-state index contributed by atoms with van der Waals surface area (Å²) in [5.74, 6) is 1.96. The molecular formula is C20H27N3O2. The van der Waals surface area contributed by atoms with Crippen LogP contribution in [0.1, 0.15) is 55.9 Å². The summed E-state index contributed by atoms with van der Waals surface area (Å²) >= 11 is 0. The quantitative estimate of drug-likeness (QED) is 0.871. The maximum atomic E-state index is 12.3. The maximum Gasteiger partial charge on any atom is 0.253 e. The zero-order chi connectivity index (χ0) is 18.0. The Kier molecular flexibility index (Phi) is 4.93. The minimum Gasteiger partial charge on any atom is -0.361 e. The molecule has 1 amide bonds. The van der Waals surface area contributed by atoms with E-state index in [1.807, 2.05) is 0 Å². The van der Waals surface area contributed by atoms with Crippen molar-refractivity contribution in [1.29, 1.82) is 0 Å². The molecule has 2 atom stereocenters. The first-order valence-electron chi connectivity index (χ1n) is 9.01. The van der Waals surface area contributed by atoms with Crippen LogP contribution in [0.3, 0.4) is 0 Å². The van der Waals surface area contributed by atoms with E-state index in [-0.39, 0.29) is 17.4 Å². The Hall–Kier alpha value is -2.17. The lowest BCUT2D eigenvalue weighted by Crippen LogP contribution is -2.58. The van der Waals surface area contributed by atoms with E-state index >= 15 is 0 Å². The first-order valence-corrected chi connectivity index (χ1v) is 9.01. The van der Waals surface area contributed by atoms with Crippen LogP contribution in [-0.4, -0.2) is 22.1 Å². The van der Waals surface area contributed by atoms with Gasteiger partial charge in [0.05, 0.1) is 11.3 Å². The molecule has 5 nitrogen and oxygen atoms in total. The van der Waals surface area contributed by atoms with Gasteiger partial charge in [0.1, 0.15) is 5.76 Å². The first-order chi connectivity index (χ1) is 11.9. The van der Waals surface area contributed by atoms with Gasteiger partial charge in [-0.2, -0.15) is 0 Å². The van der Waals surface area contributed by atoms with Gasteiger partial charge in [-0.1, -0.05) is 32.9 Å². The van der Waals surface area contributed by atoms with Crippen molar-refractivity contribution in [2.24, 2.45) is 17.3 Å². The van der Waals surface area contributed by atoms with Crippen molar-refractivity contribution >= 4 is 5.91 Å². The fourth-order valence-corrected chi connectivity index (χ4v) is 3.55. The highest BCUT2D eigenvalue weighted by molar-refractivity contribution is 5.94. The van der Waals surface area contributed by atoms with Crippen LogP contribution in [0.4, 0.5) is 0 Å². The summed E-state index contributed by atoms with van der Waals surface area (Å²) in [5, 5.41) is 7.37. The number of hydrogen-bond donors (Lipinski definition) is 1. The number of amides is 1. The number of rotatable bonds is 6. The largest absolute Gasteiger partial charge is 0.361 e. The second kappa shape index (κ2) is 6.98. The molecule has 5 heteroatoms. The second-order valence-electron chi connectivity index (χ2n) is 8.11. The van der Waals surface area contributed by atoms with Crippen LogP contribution in [0.15, 0.2) is 35.1 Å². The molecule has 0 radical (unpaired) electrons. The van der Waals surface area contributed by atoms with Crippen molar-refractivity contribution in [1.82, 2.24) is 15.5 Å². The van der Waals surface area contributed by atoms with Gasteiger partial charge in [0.25, 0.3) is 5.91 Å². The number of hydrogen-bond acceptors (Lipinski definition) is 4. The molecule has 0 aliphatic heterocycles. The van der Waals surface area contributed by atoms with Gasteiger partial charge in [-0.3, -0.25) is 9.78 Å². The molecule has 1 saturated carbocycles. The number of carbonyl (C=O) groups is 1. The number of pyridine rings is 1. The summed E-state index contributed by atoms with van der Waals surface area (Å²) in [7, 11) is 0. The lowest BCUT2D eigenvalue weighted by Gasteiger charge is -2.52. The Bertz CT molecular complexity index is 722. The predicted octanol–water partition coefficient (Wildman–Crippen LogP) is 3.66. The lowest BCUT2D eigenvalue weighted by atomic mass is 9.57. The van der Waals surface area contributed by atoms with Crippen molar-refractivity contribution in [2.45, 2.75) is 53.0 Å². The highest BCUT2D eigenvalue weighted by Crippen LogP contribution is 2.47.